The zero-order valence-electron chi connectivity index (χ0n) is 15.9. The third kappa shape index (κ3) is 4.22. The third-order valence-electron chi connectivity index (χ3n) is 4.71. The Morgan fingerprint density at radius 1 is 1.07 bits per heavy atom. The molecule has 4 rings (SSSR count). The van der Waals surface area contributed by atoms with E-state index in [0.29, 0.717) is 41.4 Å². The predicted molar refractivity (Wildman–Crippen MR) is 108 cm³/mol. The lowest BCUT2D eigenvalue weighted by Crippen LogP contribution is -2.19. The van der Waals surface area contributed by atoms with Crippen LogP contribution in [-0.2, 0) is 9.53 Å². The molecular formula is C21H20N2O5S. The number of carbonyl (C=O) groups excluding carboxylic acids is 2. The lowest BCUT2D eigenvalue weighted by Gasteiger charge is -2.16. The number of rotatable bonds is 6. The fourth-order valence-corrected chi connectivity index (χ4v) is 3.75. The first-order valence-electron chi connectivity index (χ1n) is 9.47. The Labute approximate surface area is 171 Å². The van der Waals surface area contributed by atoms with E-state index in [1.54, 1.807) is 43.3 Å². The van der Waals surface area contributed by atoms with Gasteiger partial charge in [-0.05, 0) is 42.8 Å². The summed E-state index contributed by atoms with van der Waals surface area (Å²) in [5, 5.41) is 0. The van der Waals surface area contributed by atoms with E-state index in [1.807, 2.05) is 0 Å². The first-order valence-corrected chi connectivity index (χ1v) is 10.2. The van der Waals surface area contributed by atoms with Gasteiger partial charge in [0.25, 0.3) is 0 Å². The second-order valence-corrected chi connectivity index (χ2v) is 7.18. The Balaban J connectivity index is 1.61. The van der Waals surface area contributed by atoms with Gasteiger partial charge in [-0.3, -0.25) is 9.59 Å². The molecule has 29 heavy (non-hydrogen) atoms. The molecule has 0 spiro atoms. The average molecular weight is 412 g/mol. The molecule has 3 aromatic rings. The normalized spacial score (nSPS) is 14.2. The molecule has 0 radical (unpaired) electrons. The Kier molecular flexibility index (Phi) is 5.71. The van der Waals surface area contributed by atoms with Crippen LogP contribution in [0.4, 0.5) is 0 Å². The number of carbonyl (C=O) groups is 2. The molecule has 1 aromatic heterocycles. The number of fused-ring (bicyclic) bond motifs is 2. The summed E-state index contributed by atoms with van der Waals surface area (Å²) in [7, 11) is 0. The summed E-state index contributed by atoms with van der Waals surface area (Å²) < 4.78 is 24.9. The number of Topliss-reactive ketones (excluding diaryl/α,β-unsaturated/α-hetero) is 1. The smallest absolute Gasteiger partial charge is 0.313 e. The minimum atomic E-state index is -0.718. The summed E-state index contributed by atoms with van der Waals surface area (Å²) in [5.41, 5.74) is 2.62. The van der Waals surface area contributed by atoms with E-state index in [-0.39, 0.29) is 18.8 Å². The van der Waals surface area contributed by atoms with Gasteiger partial charge in [-0.2, -0.15) is 8.75 Å². The van der Waals surface area contributed by atoms with Crippen LogP contribution in [0.3, 0.4) is 0 Å². The van der Waals surface area contributed by atoms with Gasteiger partial charge in [-0.1, -0.05) is 6.07 Å². The van der Waals surface area contributed by atoms with Crippen LogP contribution in [0.15, 0.2) is 36.4 Å². The molecule has 2 aromatic carbocycles. The summed E-state index contributed by atoms with van der Waals surface area (Å²) in [5.74, 6) is -0.143. The lowest BCUT2D eigenvalue weighted by atomic mass is 9.91. The lowest BCUT2D eigenvalue weighted by molar-refractivity contribution is -0.144. The van der Waals surface area contributed by atoms with Crippen molar-refractivity contribution in [2.75, 3.05) is 19.8 Å². The standard InChI is InChI=1S/C21H20N2O5S/c1-2-26-21(25)15(13-4-6-16-17(10-13)23-29-22-16)12-18(24)14-5-7-19-20(11-14)28-9-3-8-27-19/h4-7,10-11,15H,2-3,8-9,12H2,1H3. The van der Waals surface area contributed by atoms with Gasteiger partial charge in [0.2, 0.25) is 0 Å². The van der Waals surface area contributed by atoms with Crippen LogP contribution in [0.2, 0.25) is 0 Å². The van der Waals surface area contributed by atoms with Crippen LogP contribution in [0.1, 0.15) is 41.6 Å². The van der Waals surface area contributed by atoms with E-state index in [2.05, 4.69) is 8.75 Å². The van der Waals surface area contributed by atoms with Crippen molar-refractivity contribution >= 4 is 34.5 Å². The van der Waals surface area contributed by atoms with Crippen LogP contribution in [0, 0.1) is 0 Å². The molecule has 1 aliphatic heterocycles. The quantitative estimate of drug-likeness (QED) is 0.450. The highest BCUT2D eigenvalue weighted by Crippen LogP contribution is 2.32. The van der Waals surface area contributed by atoms with Crippen LogP contribution < -0.4 is 9.47 Å². The molecule has 0 N–H and O–H groups in total. The number of hydrogen-bond acceptors (Lipinski definition) is 8. The maximum Gasteiger partial charge on any atom is 0.313 e. The zero-order valence-corrected chi connectivity index (χ0v) is 16.7. The highest BCUT2D eigenvalue weighted by molar-refractivity contribution is 7.00. The highest BCUT2D eigenvalue weighted by Gasteiger charge is 2.27. The molecule has 1 aliphatic rings. The fraction of sp³-hybridized carbons (Fsp3) is 0.333. The highest BCUT2D eigenvalue weighted by atomic mass is 32.1. The van der Waals surface area contributed by atoms with Crippen LogP contribution in [0.5, 0.6) is 11.5 Å². The molecular weight excluding hydrogens is 392 g/mol. The second kappa shape index (κ2) is 8.57. The van der Waals surface area contributed by atoms with Gasteiger partial charge in [0.05, 0.1) is 37.5 Å². The van der Waals surface area contributed by atoms with Crippen molar-refractivity contribution in [2.24, 2.45) is 0 Å². The molecule has 8 heteroatoms. The molecule has 0 amide bonds. The number of esters is 1. The molecule has 1 unspecified atom stereocenters. The Hall–Kier alpha value is -3.00. The van der Waals surface area contributed by atoms with E-state index in [1.165, 1.54) is 0 Å². The van der Waals surface area contributed by atoms with Crippen LogP contribution in [-0.4, -0.2) is 40.3 Å². The molecule has 2 heterocycles. The average Bonchev–Trinajstić information content (AvgIpc) is 3.07. The Morgan fingerprint density at radius 3 is 2.69 bits per heavy atom. The first kappa shape index (κ1) is 19.3. The Morgan fingerprint density at radius 2 is 1.86 bits per heavy atom. The van der Waals surface area contributed by atoms with Crippen LogP contribution >= 0.6 is 11.7 Å². The predicted octanol–water partition coefficient (Wildman–Crippen LogP) is 3.77. The van der Waals surface area contributed by atoms with E-state index in [0.717, 1.165) is 23.7 Å². The van der Waals surface area contributed by atoms with Gasteiger partial charge in [-0.15, -0.1) is 0 Å². The largest absolute Gasteiger partial charge is 0.490 e. The number of benzene rings is 2. The van der Waals surface area contributed by atoms with Crippen molar-refractivity contribution in [1.29, 1.82) is 0 Å². The van der Waals surface area contributed by atoms with Crippen molar-refractivity contribution in [2.45, 2.75) is 25.7 Å². The Bertz CT molecular complexity index is 1050. The molecule has 0 aliphatic carbocycles. The fourth-order valence-electron chi connectivity index (χ4n) is 3.24. The number of aromatic nitrogens is 2. The summed E-state index contributed by atoms with van der Waals surface area (Å²) in [4.78, 5) is 25.6. The summed E-state index contributed by atoms with van der Waals surface area (Å²) >= 11 is 1.11. The summed E-state index contributed by atoms with van der Waals surface area (Å²) in [6, 6.07) is 10.5. The number of ether oxygens (including phenoxy) is 3. The minimum absolute atomic E-state index is 0.0124. The van der Waals surface area contributed by atoms with Gasteiger partial charge >= 0.3 is 5.97 Å². The van der Waals surface area contributed by atoms with Crippen molar-refractivity contribution in [3.05, 3.63) is 47.5 Å². The van der Waals surface area contributed by atoms with Crippen molar-refractivity contribution in [3.8, 4) is 11.5 Å². The minimum Gasteiger partial charge on any atom is -0.490 e. The summed E-state index contributed by atoms with van der Waals surface area (Å²) in [6.07, 6.45) is 0.776. The van der Waals surface area contributed by atoms with Crippen LogP contribution in [0.25, 0.3) is 11.0 Å². The zero-order chi connectivity index (χ0) is 20.2. The van der Waals surface area contributed by atoms with Crippen molar-refractivity contribution in [3.63, 3.8) is 0 Å². The van der Waals surface area contributed by atoms with Crippen molar-refractivity contribution < 1.29 is 23.8 Å². The molecule has 0 bridgehead atoms. The van der Waals surface area contributed by atoms with Gasteiger partial charge < -0.3 is 14.2 Å². The maximum absolute atomic E-state index is 13.0. The molecule has 0 saturated carbocycles. The summed E-state index contributed by atoms with van der Waals surface area (Å²) in [6.45, 7) is 3.11. The number of nitrogens with zero attached hydrogens (tertiary/aromatic N) is 2. The number of ketones is 1. The van der Waals surface area contributed by atoms with E-state index >= 15 is 0 Å². The van der Waals surface area contributed by atoms with E-state index < -0.39 is 11.9 Å². The first-order chi connectivity index (χ1) is 14.2. The second-order valence-electron chi connectivity index (χ2n) is 6.66. The topological polar surface area (TPSA) is 87.6 Å². The molecule has 1 atom stereocenters. The monoisotopic (exact) mass is 412 g/mol. The molecule has 7 nitrogen and oxygen atoms in total. The molecule has 150 valence electrons. The van der Waals surface area contributed by atoms with Gasteiger partial charge in [0.15, 0.2) is 17.3 Å². The van der Waals surface area contributed by atoms with E-state index in [9.17, 15) is 9.59 Å². The van der Waals surface area contributed by atoms with Crippen molar-refractivity contribution in [1.82, 2.24) is 8.75 Å². The molecule has 0 saturated heterocycles. The van der Waals surface area contributed by atoms with Gasteiger partial charge in [0.1, 0.15) is 11.0 Å². The maximum atomic E-state index is 13.0. The van der Waals surface area contributed by atoms with E-state index in [4.69, 9.17) is 14.2 Å². The SMILES string of the molecule is CCOC(=O)C(CC(=O)c1ccc2c(c1)OCCCO2)c1ccc2nsnc2c1. The third-order valence-corrected chi connectivity index (χ3v) is 5.27. The van der Waals surface area contributed by atoms with Gasteiger partial charge in [0, 0.05) is 18.4 Å². The molecule has 0 fully saturated rings. The van der Waals surface area contributed by atoms with Gasteiger partial charge in [-0.25, -0.2) is 0 Å². The number of hydrogen-bond donors (Lipinski definition) is 0.